The zero-order valence-electron chi connectivity index (χ0n) is 13.5. The molecule has 1 saturated carbocycles. The summed E-state index contributed by atoms with van der Waals surface area (Å²) < 4.78 is 10.8. The number of carbonyl (C=O) groups is 2. The van der Waals surface area contributed by atoms with Crippen LogP contribution in [0.4, 0.5) is 0 Å². The molecule has 126 valence electrons. The zero-order chi connectivity index (χ0) is 16.9. The van der Waals surface area contributed by atoms with Gasteiger partial charge in [-0.15, -0.1) is 0 Å². The predicted octanol–water partition coefficient (Wildman–Crippen LogP) is 2.22. The normalized spacial score (nSPS) is 16.8. The summed E-state index contributed by atoms with van der Waals surface area (Å²) in [5.41, 5.74) is -0.860. The summed E-state index contributed by atoms with van der Waals surface area (Å²) in [5, 5.41) is 12.0. The number of ether oxygens (including phenoxy) is 2. The molecule has 1 unspecified atom stereocenters. The van der Waals surface area contributed by atoms with E-state index in [0.29, 0.717) is 30.9 Å². The zero-order valence-corrected chi connectivity index (χ0v) is 13.5. The molecule has 1 fully saturated rings. The van der Waals surface area contributed by atoms with Crippen LogP contribution in [0, 0.1) is 5.41 Å². The van der Waals surface area contributed by atoms with E-state index in [4.69, 9.17) is 9.47 Å². The molecule has 23 heavy (non-hydrogen) atoms. The molecule has 1 aliphatic carbocycles. The van der Waals surface area contributed by atoms with Crippen molar-refractivity contribution in [3.63, 3.8) is 0 Å². The Bertz CT molecular complexity index is 568. The molecule has 1 aromatic rings. The van der Waals surface area contributed by atoms with Crippen molar-refractivity contribution in [1.82, 2.24) is 5.32 Å². The Morgan fingerprint density at radius 3 is 2.61 bits per heavy atom. The Labute approximate surface area is 135 Å². The summed E-state index contributed by atoms with van der Waals surface area (Å²) in [4.78, 5) is 23.2. The first kappa shape index (κ1) is 17.1. The van der Waals surface area contributed by atoms with Gasteiger partial charge in [0.1, 0.15) is 17.6 Å². The Kier molecular flexibility index (Phi) is 5.47. The molecule has 2 N–H and O–H groups in total. The Morgan fingerprint density at radius 1 is 1.35 bits per heavy atom. The minimum atomic E-state index is -0.875. The highest BCUT2D eigenvalue weighted by molar-refractivity contribution is 5.85. The molecule has 1 amide bonds. The molecule has 0 aliphatic heterocycles. The maximum Gasteiger partial charge on any atom is 0.310 e. The molecule has 0 heterocycles. The average molecular weight is 321 g/mol. The van der Waals surface area contributed by atoms with Crippen molar-refractivity contribution < 1.29 is 24.2 Å². The summed E-state index contributed by atoms with van der Waals surface area (Å²) in [6.45, 7) is 2.17. The quantitative estimate of drug-likeness (QED) is 0.767. The van der Waals surface area contributed by atoms with Gasteiger partial charge in [-0.2, -0.15) is 0 Å². The first-order chi connectivity index (χ1) is 10.9. The molecular weight excluding hydrogens is 298 g/mol. The van der Waals surface area contributed by atoms with Crippen LogP contribution in [0.2, 0.25) is 0 Å². The van der Waals surface area contributed by atoms with Crippen LogP contribution in [0.3, 0.4) is 0 Å². The smallest absolute Gasteiger partial charge is 0.310 e. The number of methoxy groups -OCH3 is 1. The summed E-state index contributed by atoms with van der Waals surface area (Å²) in [5.74, 6) is 0.243. The van der Waals surface area contributed by atoms with Crippen LogP contribution >= 0.6 is 0 Å². The highest BCUT2D eigenvalue weighted by Crippen LogP contribution is 2.44. The Balaban J connectivity index is 1.78. The number of hydrogen-bond donors (Lipinski definition) is 2. The molecule has 0 spiro atoms. The number of nitrogens with one attached hydrogen (secondary N) is 1. The fourth-order valence-corrected chi connectivity index (χ4v) is 2.65. The molecule has 2 rings (SSSR count). The van der Waals surface area contributed by atoms with Crippen molar-refractivity contribution in [2.75, 3.05) is 13.7 Å². The highest BCUT2D eigenvalue weighted by Gasteiger charge is 2.45. The molecule has 6 nitrogen and oxygen atoms in total. The van der Waals surface area contributed by atoms with Crippen LogP contribution in [-0.2, 0) is 9.59 Å². The van der Waals surface area contributed by atoms with Crippen LogP contribution in [0.5, 0.6) is 11.5 Å². The van der Waals surface area contributed by atoms with Crippen LogP contribution in [-0.4, -0.2) is 36.7 Å². The third kappa shape index (κ3) is 4.37. The standard InChI is InChI=1S/C17H23NO5/c1-12(23-14-6-3-5-13(9-14)22-2)11-18-15(19)10-17(16(20)21)7-4-8-17/h3,5-6,9,12H,4,7-8,10-11H2,1-2H3,(H,18,19)(H,20,21). The first-order valence-electron chi connectivity index (χ1n) is 7.76. The van der Waals surface area contributed by atoms with Gasteiger partial charge in [0, 0.05) is 12.5 Å². The van der Waals surface area contributed by atoms with Gasteiger partial charge < -0.3 is 19.9 Å². The van der Waals surface area contributed by atoms with E-state index in [1.54, 1.807) is 13.2 Å². The van der Waals surface area contributed by atoms with Crippen molar-refractivity contribution in [3.05, 3.63) is 24.3 Å². The van der Waals surface area contributed by atoms with E-state index >= 15 is 0 Å². The van der Waals surface area contributed by atoms with Crippen molar-refractivity contribution in [2.45, 2.75) is 38.7 Å². The van der Waals surface area contributed by atoms with E-state index in [2.05, 4.69) is 5.32 Å². The minimum Gasteiger partial charge on any atom is -0.497 e. The van der Waals surface area contributed by atoms with Gasteiger partial charge in [-0.25, -0.2) is 0 Å². The molecule has 1 aliphatic rings. The van der Waals surface area contributed by atoms with E-state index in [1.807, 2.05) is 25.1 Å². The molecular formula is C17H23NO5. The maximum atomic E-state index is 12.0. The van der Waals surface area contributed by atoms with Crippen LogP contribution < -0.4 is 14.8 Å². The molecule has 0 radical (unpaired) electrons. The highest BCUT2D eigenvalue weighted by atomic mass is 16.5. The van der Waals surface area contributed by atoms with E-state index in [-0.39, 0.29) is 18.4 Å². The molecule has 6 heteroatoms. The van der Waals surface area contributed by atoms with Crippen molar-refractivity contribution in [1.29, 1.82) is 0 Å². The third-order valence-electron chi connectivity index (χ3n) is 4.23. The van der Waals surface area contributed by atoms with Gasteiger partial charge in [-0.1, -0.05) is 12.5 Å². The number of carboxylic acids is 1. The second-order valence-corrected chi connectivity index (χ2v) is 6.03. The lowest BCUT2D eigenvalue weighted by Gasteiger charge is -2.37. The number of benzene rings is 1. The second-order valence-electron chi connectivity index (χ2n) is 6.03. The van der Waals surface area contributed by atoms with E-state index in [0.717, 1.165) is 6.42 Å². The van der Waals surface area contributed by atoms with Crippen LogP contribution in [0.25, 0.3) is 0 Å². The topological polar surface area (TPSA) is 84.9 Å². The van der Waals surface area contributed by atoms with E-state index in [1.165, 1.54) is 0 Å². The molecule has 1 aromatic carbocycles. The monoisotopic (exact) mass is 321 g/mol. The van der Waals surface area contributed by atoms with Gasteiger partial charge in [0.05, 0.1) is 19.1 Å². The number of carbonyl (C=O) groups excluding carboxylic acids is 1. The van der Waals surface area contributed by atoms with Crippen molar-refractivity contribution in [2.24, 2.45) is 5.41 Å². The van der Waals surface area contributed by atoms with Gasteiger partial charge in [0.25, 0.3) is 0 Å². The second kappa shape index (κ2) is 7.35. The summed E-state index contributed by atoms with van der Waals surface area (Å²) in [7, 11) is 1.58. The van der Waals surface area contributed by atoms with Crippen LogP contribution in [0.1, 0.15) is 32.6 Å². The van der Waals surface area contributed by atoms with Gasteiger partial charge in [-0.3, -0.25) is 9.59 Å². The maximum absolute atomic E-state index is 12.0. The molecule has 0 aromatic heterocycles. The lowest BCUT2D eigenvalue weighted by atomic mass is 9.66. The van der Waals surface area contributed by atoms with Gasteiger partial charge in [-0.05, 0) is 31.9 Å². The average Bonchev–Trinajstić information content (AvgIpc) is 2.48. The van der Waals surface area contributed by atoms with Gasteiger partial charge >= 0.3 is 5.97 Å². The lowest BCUT2D eigenvalue weighted by Crippen LogP contribution is -2.44. The third-order valence-corrected chi connectivity index (χ3v) is 4.23. The van der Waals surface area contributed by atoms with Gasteiger partial charge in [0.15, 0.2) is 0 Å². The van der Waals surface area contributed by atoms with Crippen molar-refractivity contribution in [3.8, 4) is 11.5 Å². The van der Waals surface area contributed by atoms with E-state index < -0.39 is 11.4 Å². The fourth-order valence-electron chi connectivity index (χ4n) is 2.65. The number of rotatable bonds is 8. The Hall–Kier alpha value is -2.24. The fraction of sp³-hybridized carbons (Fsp3) is 0.529. The minimum absolute atomic E-state index is 0.0359. The number of carboxylic acid groups (broad SMARTS) is 1. The Morgan fingerprint density at radius 2 is 2.04 bits per heavy atom. The number of amides is 1. The summed E-state index contributed by atoms with van der Waals surface area (Å²) in [6.07, 6.45) is 1.83. The molecule has 0 bridgehead atoms. The number of hydrogen-bond acceptors (Lipinski definition) is 4. The number of aliphatic carboxylic acids is 1. The lowest BCUT2D eigenvalue weighted by molar-refractivity contribution is -0.157. The molecule has 1 atom stereocenters. The van der Waals surface area contributed by atoms with E-state index in [9.17, 15) is 14.7 Å². The first-order valence-corrected chi connectivity index (χ1v) is 7.76. The van der Waals surface area contributed by atoms with Gasteiger partial charge in [0.2, 0.25) is 5.91 Å². The SMILES string of the molecule is COc1cccc(OC(C)CNC(=O)CC2(C(=O)O)CCC2)c1. The van der Waals surface area contributed by atoms with Crippen LogP contribution in [0.15, 0.2) is 24.3 Å². The van der Waals surface area contributed by atoms with Crippen molar-refractivity contribution >= 4 is 11.9 Å². The predicted molar refractivity (Wildman–Crippen MR) is 84.6 cm³/mol. The largest absolute Gasteiger partial charge is 0.497 e. The summed E-state index contributed by atoms with van der Waals surface area (Å²) >= 11 is 0. The molecule has 0 saturated heterocycles. The summed E-state index contributed by atoms with van der Waals surface area (Å²) in [6, 6.07) is 7.23.